The molecule has 0 aromatic heterocycles. The third-order valence-corrected chi connectivity index (χ3v) is 6.92. The van der Waals surface area contributed by atoms with E-state index in [-0.39, 0.29) is 0 Å². The maximum atomic E-state index is 6.59. The Labute approximate surface area is 207 Å². The third-order valence-electron chi connectivity index (χ3n) is 6.29. The zero-order chi connectivity index (χ0) is 23.1. The summed E-state index contributed by atoms with van der Waals surface area (Å²) in [4.78, 5) is 16.3. The number of hydrogen-bond donors (Lipinski definition) is 2. The molecule has 0 aliphatic carbocycles. The first-order valence-electron chi connectivity index (χ1n) is 11.4. The van der Waals surface area contributed by atoms with Crippen LogP contribution in [0.5, 0.6) is 0 Å². The van der Waals surface area contributed by atoms with Crippen molar-refractivity contribution in [3.8, 4) is 22.5 Å². The van der Waals surface area contributed by atoms with Crippen molar-refractivity contribution in [2.75, 3.05) is 42.9 Å². The van der Waals surface area contributed by atoms with Crippen LogP contribution in [0.1, 0.15) is 0 Å². The minimum absolute atomic E-state index is 0.386. The van der Waals surface area contributed by atoms with E-state index in [1.165, 1.54) is 0 Å². The number of fused-ring (bicyclic) bond motifs is 3. The lowest BCUT2D eigenvalue weighted by molar-refractivity contribution is 0.589. The van der Waals surface area contributed by atoms with E-state index >= 15 is 0 Å². The Morgan fingerprint density at radius 1 is 0.882 bits per heavy atom. The lowest BCUT2D eigenvalue weighted by atomic mass is 10.0. The summed E-state index contributed by atoms with van der Waals surface area (Å²) in [5.74, 6) is 1.83. The molecule has 2 N–H and O–H groups in total. The molecule has 4 aliphatic heterocycles. The zero-order valence-electron chi connectivity index (χ0n) is 18.4. The molecular weight excluding hydrogens is 469 g/mol. The Bertz CT molecular complexity index is 1410. The highest BCUT2D eigenvalue weighted by molar-refractivity contribution is 6.33. The molecule has 7 nitrogen and oxygen atoms in total. The van der Waals surface area contributed by atoms with Gasteiger partial charge in [-0.15, -0.1) is 0 Å². The van der Waals surface area contributed by atoms with Crippen molar-refractivity contribution in [2.45, 2.75) is 6.54 Å². The number of hydrogen-bond acceptors (Lipinski definition) is 6. The number of pyridine rings is 1. The molecule has 4 aliphatic rings. The van der Waals surface area contributed by atoms with Gasteiger partial charge in [0.1, 0.15) is 11.6 Å². The molecule has 172 valence electrons. The Hall–Kier alpha value is -3.13. The smallest absolute Gasteiger partial charge is 0.251 e. The van der Waals surface area contributed by atoms with Crippen molar-refractivity contribution in [3.05, 3.63) is 70.4 Å². The van der Waals surface area contributed by atoms with Gasteiger partial charge < -0.3 is 20.1 Å². The Morgan fingerprint density at radius 3 is 2.56 bits per heavy atom. The van der Waals surface area contributed by atoms with Crippen LogP contribution in [0.4, 0.5) is 17.2 Å². The number of aromatic nitrogens is 3. The summed E-state index contributed by atoms with van der Waals surface area (Å²) in [6, 6.07) is 15.9. The molecule has 9 heteroatoms. The highest BCUT2D eigenvalue weighted by Gasteiger charge is 2.23. The van der Waals surface area contributed by atoms with Gasteiger partial charge in [0.15, 0.2) is 0 Å². The maximum Gasteiger partial charge on any atom is 0.251 e. The molecule has 1 fully saturated rings. The van der Waals surface area contributed by atoms with E-state index < -0.39 is 0 Å². The summed E-state index contributed by atoms with van der Waals surface area (Å²) in [5.41, 5.74) is 5.10. The average molecular weight is 492 g/mol. The molecule has 0 amide bonds. The second-order valence-corrected chi connectivity index (χ2v) is 9.21. The molecule has 0 atom stereocenters. The van der Waals surface area contributed by atoms with Gasteiger partial charge in [-0.05, 0) is 30.3 Å². The highest BCUT2D eigenvalue weighted by Crippen LogP contribution is 2.39. The molecule has 34 heavy (non-hydrogen) atoms. The number of anilines is 2. The fourth-order valence-electron chi connectivity index (χ4n) is 4.61. The van der Waals surface area contributed by atoms with E-state index in [1.54, 1.807) is 0 Å². The minimum Gasteiger partial charge on any atom is -0.369 e. The molecule has 2 aromatic carbocycles. The minimum atomic E-state index is 0.386. The van der Waals surface area contributed by atoms with Crippen molar-refractivity contribution >= 4 is 40.4 Å². The van der Waals surface area contributed by atoms with E-state index in [0.29, 0.717) is 21.4 Å². The SMILES string of the molecule is Clc1cc(N2CCNCC2)ccc1N=c1ncc2cc(-c3ccccc3Cl)c3n(c-2n1)CCN3. The number of rotatable bonds is 3. The monoisotopic (exact) mass is 491 g/mol. The quantitative estimate of drug-likeness (QED) is 0.443. The average Bonchev–Trinajstić information content (AvgIpc) is 3.36. The highest BCUT2D eigenvalue weighted by atomic mass is 35.5. The molecule has 6 rings (SSSR count). The maximum absolute atomic E-state index is 6.59. The zero-order valence-corrected chi connectivity index (χ0v) is 19.9. The fraction of sp³-hybridized carbons (Fsp3) is 0.240. The van der Waals surface area contributed by atoms with E-state index in [9.17, 15) is 0 Å². The van der Waals surface area contributed by atoms with E-state index in [1.807, 2.05) is 42.6 Å². The first-order valence-corrected chi connectivity index (χ1v) is 12.1. The third kappa shape index (κ3) is 3.90. The van der Waals surface area contributed by atoms with Gasteiger partial charge in [-0.2, -0.15) is 4.98 Å². The molecular formula is C25H23Cl2N7. The molecule has 0 radical (unpaired) electrons. The van der Waals surface area contributed by atoms with Gasteiger partial charge >= 0.3 is 0 Å². The summed E-state index contributed by atoms with van der Waals surface area (Å²) in [7, 11) is 0. The predicted molar refractivity (Wildman–Crippen MR) is 137 cm³/mol. The van der Waals surface area contributed by atoms with Gasteiger partial charge in [0.05, 0.1) is 10.7 Å². The second-order valence-electron chi connectivity index (χ2n) is 8.40. The molecule has 0 unspecified atom stereocenters. The van der Waals surface area contributed by atoms with Crippen LogP contribution < -0.4 is 21.2 Å². The van der Waals surface area contributed by atoms with Crippen LogP contribution in [-0.2, 0) is 6.54 Å². The largest absolute Gasteiger partial charge is 0.369 e. The number of piperazine rings is 1. The standard InChI is InChI=1S/C25H23Cl2N7/c26-20-4-2-1-3-18(20)19-13-16-15-30-25(32-23(16)34-12-9-29-24(19)34)31-22-6-5-17(14-21(22)27)33-10-7-28-8-11-33/h1-6,13-15,28-29H,7-12H2. The van der Waals surface area contributed by atoms with E-state index in [0.717, 1.165) is 73.3 Å². The number of benzene rings is 2. The van der Waals surface area contributed by atoms with Crippen LogP contribution in [0.2, 0.25) is 10.0 Å². The van der Waals surface area contributed by atoms with Crippen molar-refractivity contribution in [2.24, 2.45) is 4.99 Å². The number of halogens is 2. The molecule has 0 saturated carbocycles. The van der Waals surface area contributed by atoms with E-state index in [2.05, 4.69) is 42.2 Å². The Morgan fingerprint density at radius 2 is 1.74 bits per heavy atom. The van der Waals surface area contributed by atoms with Crippen LogP contribution in [-0.4, -0.2) is 47.3 Å². The Kier molecular flexibility index (Phi) is 5.61. The second kappa shape index (κ2) is 8.91. The van der Waals surface area contributed by atoms with Crippen LogP contribution in [0.3, 0.4) is 0 Å². The summed E-state index contributed by atoms with van der Waals surface area (Å²) in [6.07, 6.45) is 1.82. The van der Waals surface area contributed by atoms with Crippen LogP contribution in [0.15, 0.2) is 59.7 Å². The van der Waals surface area contributed by atoms with Crippen LogP contribution >= 0.6 is 23.2 Å². The summed E-state index contributed by atoms with van der Waals surface area (Å²) in [5, 5.41) is 8.16. The van der Waals surface area contributed by atoms with Crippen LogP contribution in [0, 0.1) is 0 Å². The van der Waals surface area contributed by atoms with E-state index in [4.69, 9.17) is 28.2 Å². The molecule has 1 saturated heterocycles. The van der Waals surface area contributed by atoms with Crippen molar-refractivity contribution in [1.82, 2.24) is 19.9 Å². The molecule has 0 bridgehead atoms. The summed E-state index contributed by atoms with van der Waals surface area (Å²) < 4.78 is 2.17. The number of nitrogens with one attached hydrogen (secondary N) is 2. The Balaban J connectivity index is 1.41. The first kappa shape index (κ1) is 21.4. The van der Waals surface area contributed by atoms with Crippen LogP contribution in [0.25, 0.3) is 22.5 Å². The van der Waals surface area contributed by atoms with Gasteiger partial charge in [0.2, 0.25) is 0 Å². The van der Waals surface area contributed by atoms with Crippen molar-refractivity contribution in [1.29, 1.82) is 0 Å². The molecule has 0 spiro atoms. The number of nitrogens with zero attached hydrogens (tertiary/aromatic N) is 5. The van der Waals surface area contributed by atoms with Crippen molar-refractivity contribution < 1.29 is 0 Å². The first-order chi connectivity index (χ1) is 16.7. The normalized spacial score (nSPS) is 16.1. The molecule has 2 aromatic rings. The van der Waals surface area contributed by atoms with Gasteiger partial charge in [0.25, 0.3) is 5.62 Å². The van der Waals surface area contributed by atoms with Gasteiger partial charge in [-0.1, -0.05) is 41.4 Å². The van der Waals surface area contributed by atoms with Gasteiger partial charge in [-0.25, -0.2) is 9.98 Å². The van der Waals surface area contributed by atoms with Gasteiger partial charge in [0, 0.05) is 72.9 Å². The summed E-state index contributed by atoms with van der Waals surface area (Å²) in [6.45, 7) is 5.51. The lowest BCUT2D eigenvalue weighted by Crippen LogP contribution is -2.43. The van der Waals surface area contributed by atoms with Crippen molar-refractivity contribution in [3.63, 3.8) is 0 Å². The predicted octanol–water partition coefficient (Wildman–Crippen LogP) is 4.42. The lowest BCUT2D eigenvalue weighted by Gasteiger charge is -2.29. The fourth-order valence-corrected chi connectivity index (χ4v) is 5.07. The topological polar surface area (TPSA) is 70.4 Å². The summed E-state index contributed by atoms with van der Waals surface area (Å²) >= 11 is 13.1. The van der Waals surface area contributed by atoms with Gasteiger partial charge in [-0.3, -0.25) is 0 Å². The molecule has 4 heterocycles.